The average Bonchev–Trinajstić information content (AvgIpc) is 2.86. The Balaban J connectivity index is 2.31. The summed E-state index contributed by atoms with van der Waals surface area (Å²) in [5.74, 6) is -0.0670. The van der Waals surface area contributed by atoms with Crippen LogP contribution in [0.2, 0.25) is 0 Å². The van der Waals surface area contributed by atoms with E-state index in [9.17, 15) is 4.79 Å². The van der Waals surface area contributed by atoms with Crippen molar-refractivity contribution in [1.29, 1.82) is 0 Å². The van der Waals surface area contributed by atoms with Crippen molar-refractivity contribution >= 4 is 32.9 Å². The van der Waals surface area contributed by atoms with E-state index >= 15 is 0 Å². The van der Waals surface area contributed by atoms with E-state index in [2.05, 4.69) is 26.0 Å². The molecule has 0 saturated heterocycles. The summed E-state index contributed by atoms with van der Waals surface area (Å²) < 4.78 is 7.62. The lowest BCUT2D eigenvalue weighted by Gasteiger charge is -2.03. The quantitative estimate of drug-likeness (QED) is 0.788. The van der Waals surface area contributed by atoms with Crippen LogP contribution in [0.3, 0.4) is 0 Å². The molecule has 0 aliphatic carbocycles. The number of nitrogens with zero attached hydrogens (tertiary/aromatic N) is 3. The maximum absolute atomic E-state index is 11.6. The van der Waals surface area contributed by atoms with E-state index in [0.717, 1.165) is 10.2 Å². The number of fused-ring (bicyclic) bond motifs is 1. The summed E-state index contributed by atoms with van der Waals surface area (Å²) in [4.78, 5) is 15.9. The van der Waals surface area contributed by atoms with Gasteiger partial charge in [-0.05, 0) is 24.3 Å². The number of methoxy groups -OCH3 is 1. The van der Waals surface area contributed by atoms with E-state index < -0.39 is 5.91 Å². The predicted molar refractivity (Wildman–Crippen MR) is 81.6 cm³/mol. The number of benzene rings is 1. The van der Waals surface area contributed by atoms with Crippen LogP contribution in [0.1, 0.15) is 10.5 Å². The van der Waals surface area contributed by atoms with Gasteiger partial charge in [0.1, 0.15) is 5.75 Å². The number of primary amides is 1. The largest absolute Gasteiger partial charge is 0.495 e. The standard InChI is InChI=1S/C14H11BrN4O2/c1-21-10-6-11-12(13(16)20)18-19(14(11)17-7-10)9-4-2-3-8(15)5-9/h2-7H,1H3,(H2,16,20). The van der Waals surface area contributed by atoms with E-state index in [-0.39, 0.29) is 5.69 Å². The maximum Gasteiger partial charge on any atom is 0.269 e. The Morgan fingerprint density at radius 3 is 2.86 bits per heavy atom. The summed E-state index contributed by atoms with van der Waals surface area (Å²) in [5.41, 5.74) is 6.88. The Kier molecular flexibility index (Phi) is 3.34. The third-order valence-electron chi connectivity index (χ3n) is 3.02. The number of carbonyl (C=O) groups excluding carboxylic acids is 1. The van der Waals surface area contributed by atoms with E-state index in [1.165, 1.54) is 7.11 Å². The molecule has 106 valence electrons. The normalized spacial score (nSPS) is 10.8. The van der Waals surface area contributed by atoms with Crippen LogP contribution < -0.4 is 10.5 Å². The molecule has 0 aliphatic heterocycles. The van der Waals surface area contributed by atoms with Crippen molar-refractivity contribution in [2.24, 2.45) is 5.73 Å². The number of carbonyl (C=O) groups is 1. The molecule has 0 unspecified atom stereocenters. The number of hydrogen-bond donors (Lipinski definition) is 1. The van der Waals surface area contributed by atoms with Crippen molar-refractivity contribution < 1.29 is 9.53 Å². The monoisotopic (exact) mass is 346 g/mol. The van der Waals surface area contributed by atoms with Crippen LogP contribution >= 0.6 is 15.9 Å². The van der Waals surface area contributed by atoms with E-state index in [4.69, 9.17) is 10.5 Å². The number of nitrogens with two attached hydrogens (primary N) is 1. The highest BCUT2D eigenvalue weighted by Gasteiger charge is 2.17. The summed E-state index contributed by atoms with van der Waals surface area (Å²) in [6.45, 7) is 0. The molecular weight excluding hydrogens is 336 g/mol. The van der Waals surface area contributed by atoms with Gasteiger partial charge in [-0.1, -0.05) is 22.0 Å². The second-order valence-electron chi connectivity index (χ2n) is 4.35. The number of amides is 1. The number of ether oxygens (including phenoxy) is 1. The fourth-order valence-electron chi connectivity index (χ4n) is 2.06. The molecule has 1 aromatic carbocycles. The first-order valence-corrected chi connectivity index (χ1v) is 6.88. The van der Waals surface area contributed by atoms with Gasteiger partial charge in [-0.25, -0.2) is 9.67 Å². The van der Waals surface area contributed by atoms with Gasteiger partial charge in [0.25, 0.3) is 5.91 Å². The molecule has 21 heavy (non-hydrogen) atoms. The first kappa shape index (κ1) is 13.6. The molecule has 0 fully saturated rings. The van der Waals surface area contributed by atoms with Gasteiger partial charge in [0.05, 0.1) is 24.4 Å². The summed E-state index contributed by atoms with van der Waals surface area (Å²) in [6, 6.07) is 9.22. The number of rotatable bonds is 3. The first-order valence-electron chi connectivity index (χ1n) is 6.08. The molecule has 6 nitrogen and oxygen atoms in total. The minimum absolute atomic E-state index is 0.163. The van der Waals surface area contributed by atoms with E-state index in [1.807, 2.05) is 24.3 Å². The summed E-state index contributed by atoms with van der Waals surface area (Å²) in [6.07, 6.45) is 1.57. The molecule has 7 heteroatoms. The highest BCUT2D eigenvalue weighted by atomic mass is 79.9. The third kappa shape index (κ3) is 2.36. The van der Waals surface area contributed by atoms with Gasteiger partial charge in [-0.15, -0.1) is 0 Å². The molecule has 0 aliphatic rings. The Morgan fingerprint density at radius 2 is 2.19 bits per heavy atom. The lowest BCUT2D eigenvalue weighted by Crippen LogP contribution is -2.12. The highest BCUT2D eigenvalue weighted by molar-refractivity contribution is 9.10. The first-order chi connectivity index (χ1) is 10.1. The molecule has 1 amide bonds. The lowest BCUT2D eigenvalue weighted by molar-refractivity contribution is 0.0996. The summed E-state index contributed by atoms with van der Waals surface area (Å²) in [7, 11) is 1.53. The second-order valence-corrected chi connectivity index (χ2v) is 5.27. The zero-order valence-corrected chi connectivity index (χ0v) is 12.7. The molecule has 2 aromatic heterocycles. The van der Waals surface area contributed by atoms with Crippen molar-refractivity contribution in [3.8, 4) is 11.4 Å². The van der Waals surface area contributed by atoms with Crippen LogP contribution in [0.15, 0.2) is 41.0 Å². The van der Waals surface area contributed by atoms with Gasteiger partial charge in [-0.2, -0.15) is 5.10 Å². The molecule has 3 rings (SSSR count). The maximum atomic E-state index is 11.6. The fourth-order valence-corrected chi connectivity index (χ4v) is 2.45. The average molecular weight is 347 g/mol. The van der Waals surface area contributed by atoms with Gasteiger partial charge in [-0.3, -0.25) is 4.79 Å². The Morgan fingerprint density at radius 1 is 1.38 bits per heavy atom. The molecule has 2 heterocycles. The zero-order valence-electron chi connectivity index (χ0n) is 11.1. The van der Waals surface area contributed by atoms with Crippen molar-refractivity contribution in [3.05, 3.63) is 46.7 Å². The van der Waals surface area contributed by atoms with Gasteiger partial charge >= 0.3 is 0 Å². The zero-order chi connectivity index (χ0) is 15.0. The topological polar surface area (TPSA) is 83.0 Å². The summed E-state index contributed by atoms with van der Waals surface area (Å²) in [5, 5.41) is 4.84. The fraction of sp³-hybridized carbons (Fsp3) is 0.0714. The lowest BCUT2D eigenvalue weighted by atomic mass is 10.2. The smallest absolute Gasteiger partial charge is 0.269 e. The van der Waals surface area contributed by atoms with Crippen LogP contribution in [0, 0.1) is 0 Å². The van der Waals surface area contributed by atoms with Crippen LogP contribution in [0.5, 0.6) is 5.75 Å². The number of halogens is 1. The predicted octanol–water partition coefficient (Wildman–Crippen LogP) is 2.29. The molecule has 0 radical (unpaired) electrons. The van der Waals surface area contributed by atoms with Crippen LogP contribution in [-0.2, 0) is 0 Å². The molecule has 2 N–H and O–H groups in total. The Hall–Kier alpha value is -2.41. The molecule has 0 spiro atoms. The minimum atomic E-state index is -0.608. The molecule has 0 atom stereocenters. The summed E-state index contributed by atoms with van der Waals surface area (Å²) >= 11 is 3.41. The van der Waals surface area contributed by atoms with Crippen molar-refractivity contribution in [3.63, 3.8) is 0 Å². The number of pyridine rings is 1. The van der Waals surface area contributed by atoms with Gasteiger partial charge in [0, 0.05) is 4.47 Å². The molecule has 0 saturated carbocycles. The van der Waals surface area contributed by atoms with E-state index in [0.29, 0.717) is 16.8 Å². The Labute approximate surface area is 128 Å². The number of aromatic nitrogens is 3. The third-order valence-corrected chi connectivity index (χ3v) is 3.51. The van der Waals surface area contributed by atoms with Gasteiger partial charge in [0.15, 0.2) is 11.3 Å². The molecule has 0 bridgehead atoms. The number of hydrogen-bond acceptors (Lipinski definition) is 4. The SMILES string of the molecule is COc1cnc2c(c1)c(C(N)=O)nn2-c1cccc(Br)c1. The van der Waals surface area contributed by atoms with E-state index in [1.54, 1.807) is 16.9 Å². The van der Waals surface area contributed by atoms with Crippen molar-refractivity contribution in [1.82, 2.24) is 14.8 Å². The second kappa shape index (κ2) is 5.17. The van der Waals surface area contributed by atoms with Crippen LogP contribution in [0.25, 0.3) is 16.7 Å². The van der Waals surface area contributed by atoms with Crippen molar-refractivity contribution in [2.75, 3.05) is 7.11 Å². The molecular formula is C14H11BrN4O2. The van der Waals surface area contributed by atoms with Crippen molar-refractivity contribution in [2.45, 2.75) is 0 Å². The highest BCUT2D eigenvalue weighted by Crippen LogP contribution is 2.25. The minimum Gasteiger partial charge on any atom is -0.495 e. The Bertz CT molecular complexity index is 844. The van der Waals surface area contributed by atoms with Gasteiger partial charge in [0.2, 0.25) is 0 Å². The molecule has 3 aromatic rings. The van der Waals surface area contributed by atoms with Crippen LogP contribution in [0.4, 0.5) is 0 Å². The van der Waals surface area contributed by atoms with Crippen LogP contribution in [-0.4, -0.2) is 27.8 Å². The van der Waals surface area contributed by atoms with Gasteiger partial charge < -0.3 is 10.5 Å².